The maximum absolute atomic E-state index is 13.8. The molecule has 8 heteroatoms. The number of benzene rings is 2. The first kappa shape index (κ1) is 28.4. The number of sulfonamides is 1. The molecule has 0 bridgehead atoms. The second kappa shape index (κ2) is 12.2. The van der Waals surface area contributed by atoms with Gasteiger partial charge in [0.25, 0.3) is 0 Å². The summed E-state index contributed by atoms with van der Waals surface area (Å²) in [5, 5.41) is 2.99. The Morgan fingerprint density at radius 2 is 1.49 bits per heavy atom. The van der Waals surface area contributed by atoms with Crippen molar-refractivity contribution in [2.45, 2.75) is 73.0 Å². The highest BCUT2D eigenvalue weighted by molar-refractivity contribution is 7.92. The number of amides is 2. The van der Waals surface area contributed by atoms with Gasteiger partial charge in [-0.25, -0.2) is 8.42 Å². The average molecular weight is 502 g/mol. The predicted octanol–water partition coefficient (Wildman–Crippen LogP) is 4.10. The maximum Gasteiger partial charge on any atom is 0.244 e. The van der Waals surface area contributed by atoms with E-state index in [-0.39, 0.29) is 25.0 Å². The van der Waals surface area contributed by atoms with Gasteiger partial charge in [-0.15, -0.1) is 0 Å². The first-order valence-electron chi connectivity index (χ1n) is 12.1. The monoisotopic (exact) mass is 501 g/mol. The van der Waals surface area contributed by atoms with Crippen molar-refractivity contribution in [3.8, 4) is 0 Å². The van der Waals surface area contributed by atoms with Gasteiger partial charge in [0, 0.05) is 12.6 Å². The Hall–Kier alpha value is -2.87. The molecule has 2 atom stereocenters. The quantitative estimate of drug-likeness (QED) is 0.502. The molecule has 1 N–H and O–H groups in total. The van der Waals surface area contributed by atoms with Gasteiger partial charge in [-0.1, -0.05) is 56.3 Å². The molecule has 0 radical (unpaired) electrons. The minimum Gasteiger partial charge on any atom is -0.352 e. The normalized spacial score (nSPS) is 13.1. The first-order valence-corrected chi connectivity index (χ1v) is 13.9. The minimum atomic E-state index is -3.76. The Labute approximate surface area is 210 Å². The van der Waals surface area contributed by atoms with E-state index in [9.17, 15) is 18.0 Å². The van der Waals surface area contributed by atoms with Crippen LogP contribution in [-0.2, 0) is 26.2 Å². The van der Waals surface area contributed by atoms with Gasteiger partial charge in [-0.2, -0.15) is 0 Å². The molecule has 0 saturated heterocycles. The lowest BCUT2D eigenvalue weighted by Crippen LogP contribution is -2.53. The van der Waals surface area contributed by atoms with Gasteiger partial charge >= 0.3 is 0 Å². The molecule has 0 spiro atoms. The molecule has 0 unspecified atom stereocenters. The molecular formula is C27H39N3O4S. The van der Waals surface area contributed by atoms with Crippen molar-refractivity contribution in [1.29, 1.82) is 0 Å². The highest BCUT2D eigenvalue weighted by Crippen LogP contribution is 2.27. The highest BCUT2D eigenvalue weighted by Gasteiger charge is 2.33. The van der Waals surface area contributed by atoms with E-state index in [1.54, 1.807) is 0 Å². The first-order chi connectivity index (χ1) is 16.4. The number of rotatable bonds is 11. The third-order valence-electron chi connectivity index (χ3n) is 6.36. The van der Waals surface area contributed by atoms with E-state index in [0.29, 0.717) is 12.1 Å². The number of nitrogens with one attached hydrogen (secondary N) is 1. The standard InChI is InChI=1S/C27H39N3O4S/c1-8-22(6)28-27(32)24(9-2)29(17-23-16-11-10-13-19(23)3)25(31)18-30(35(7,33)34)26-20(4)14-12-15-21(26)5/h10-16,22,24H,8-9,17-18H2,1-7H3,(H,28,32)/t22-,24-/m1/s1. The summed E-state index contributed by atoms with van der Waals surface area (Å²) in [6.07, 6.45) is 2.27. The summed E-state index contributed by atoms with van der Waals surface area (Å²) in [6, 6.07) is 12.4. The van der Waals surface area contributed by atoms with E-state index in [0.717, 1.165) is 39.2 Å². The Balaban J connectivity index is 2.51. The topological polar surface area (TPSA) is 86.8 Å². The van der Waals surface area contributed by atoms with E-state index in [2.05, 4.69) is 5.32 Å². The second-order valence-electron chi connectivity index (χ2n) is 9.20. The summed E-state index contributed by atoms with van der Waals surface area (Å²) in [7, 11) is -3.76. The number of carbonyl (C=O) groups is 2. The van der Waals surface area contributed by atoms with Gasteiger partial charge in [0.1, 0.15) is 12.6 Å². The van der Waals surface area contributed by atoms with Crippen LogP contribution in [0.3, 0.4) is 0 Å². The maximum atomic E-state index is 13.8. The van der Waals surface area contributed by atoms with Crippen LogP contribution in [-0.4, -0.2) is 50.0 Å². The van der Waals surface area contributed by atoms with E-state index in [4.69, 9.17) is 0 Å². The summed E-state index contributed by atoms with van der Waals surface area (Å²) >= 11 is 0. The number of aryl methyl sites for hydroxylation is 3. The van der Waals surface area contributed by atoms with Crippen LogP contribution in [0.25, 0.3) is 0 Å². The molecule has 0 aromatic heterocycles. The molecule has 2 amide bonds. The number of carbonyl (C=O) groups excluding carboxylic acids is 2. The largest absolute Gasteiger partial charge is 0.352 e. The van der Waals surface area contributed by atoms with Gasteiger partial charge < -0.3 is 10.2 Å². The number of para-hydroxylation sites is 1. The van der Waals surface area contributed by atoms with Crippen LogP contribution in [0.15, 0.2) is 42.5 Å². The van der Waals surface area contributed by atoms with Crippen molar-refractivity contribution >= 4 is 27.5 Å². The summed E-state index contributed by atoms with van der Waals surface area (Å²) < 4.78 is 26.8. The molecule has 192 valence electrons. The van der Waals surface area contributed by atoms with Crippen molar-refractivity contribution in [2.24, 2.45) is 0 Å². The van der Waals surface area contributed by atoms with E-state index >= 15 is 0 Å². The third kappa shape index (κ3) is 7.31. The van der Waals surface area contributed by atoms with Crippen LogP contribution in [0.5, 0.6) is 0 Å². The van der Waals surface area contributed by atoms with Gasteiger partial charge in [0.15, 0.2) is 0 Å². The van der Waals surface area contributed by atoms with Crippen LogP contribution < -0.4 is 9.62 Å². The smallest absolute Gasteiger partial charge is 0.244 e. The zero-order chi connectivity index (χ0) is 26.3. The lowest BCUT2D eigenvalue weighted by atomic mass is 10.1. The molecule has 7 nitrogen and oxygen atoms in total. The molecular weight excluding hydrogens is 462 g/mol. The minimum absolute atomic E-state index is 0.0332. The zero-order valence-corrected chi connectivity index (χ0v) is 22.8. The molecule has 0 saturated carbocycles. The van der Waals surface area contributed by atoms with Gasteiger partial charge in [0.2, 0.25) is 21.8 Å². The van der Waals surface area contributed by atoms with Crippen LogP contribution in [0, 0.1) is 20.8 Å². The van der Waals surface area contributed by atoms with Crippen molar-refractivity contribution < 1.29 is 18.0 Å². The molecule has 2 aromatic rings. The summed E-state index contributed by atoms with van der Waals surface area (Å²) in [6.45, 7) is 11.2. The lowest BCUT2D eigenvalue weighted by Gasteiger charge is -2.34. The van der Waals surface area contributed by atoms with Crippen LogP contribution in [0.2, 0.25) is 0 Å². The Bertz CT molecular complexity index is 1130. The van der Waals surface area contributed by atoms with Crippen molar-refractivity contribution in [3.63, 3.8) is 0 Å². The fourth-order valence-electron chi connectivity index (χ4n) is 4.11. The second-order valence-corrected chi connectivity index (χ2v) is 11.1. The third-order valence-corrected chi connectivity index (χ3v) is 7.47. The highest BCUT2D eigenvalue weighted by atomic mass is 32.2. The van der Waals surface area contributed by atoms with Gasteiger partial charge in [-0.05, 0) is 62.8 Å². The Morgan fingerprint density at radius 1 is 0.914 bits per heavy atom. The number of hydrogen-bond donors (Lipinski definition) is 1. The Kier molecular flexibility index (Phi) is 9.89. The van der Waals surface area contributed by atoms with Crippen LogP contribution >= 0.6 is 0 Å². The molecule has 0 aliphatic heterocycles. The molecule has 35 heavy (non-hydrogen) atoms. The molecule has 0 fully saturated rings. The molecule has 0 heterocycles. The summed E-state index contributed by atoms with van der Waals surface area (Å²) in [5.41, 5.74) is 3.92. The molecule has 0 aliphatic carbocycles. The Morgan fingerprint density at radius 3 is 2.00 bits per heavy atom. The van der Waals surface area contributed by atoms with Crippen LogP contribution in [0.4, 0.5) is 5.69 Å². The van der Waals surface area contributed by atoms with Gasteiger partial charge in [-0.3, -0.25) is 13.9 Å². The molecule has 2 aromatic carbocycles. The van der Waals surface area contributed by atoms with Crippen LogP contribution in [0.1, 0.15) is 55.9 Å². The van der Waals surface area contributed by atoms with Crippen molar-refractivity contribution in [2.75, 3.05) is 17.1 Å². The number of anilines is 1. The average Bonchev–Trinajstić information content (AvgIpc) is 2.78. The van der Waals surface area contributed by atoms with E-state index in [1.165, 1.54) is 4.90 Å². The molecule has 2 rings (SSSR count). The number of hydrogen-bond acceptors (Lipinski definition) is 4. The van der Waals surface area contributed by atoms with E-state index in [1.807, 2.05) is 84.0 Å². The molecule has 0 aliphatic rings. The van der Waals surface area contributed by atoms with Crippen molar-refractivity contribution in [3.05, 3.63) is 64.7 Å². The summed E-state index contributed by atoms with van der Waals surface area (Å²) in [5.74, 6) is -0.658. The van der Waals surface area contributed by atoms with Gasteiger partial charge in [0.05, 0.1) is 11.9 Å². The fourth-order valence-corrected chi connectivity index (χ4v) is 5.07. The van der Waals surface area contributed by atoms with Crippen molar-refractivity contribution in [1.82, 2.24) is 10.2 Å². The SMILES string of the molecule is CC[C@@H](C)NC(=O)[C@@H](CC)N(Cc1ccccc1C)C(=O)CN(c1c(C)cccc1C)S(C)(=O)=O. The summed E-state index contributed by atoms with van der Waals surface area (Å²) in [4.78, 5) is 28.5. The fraction of sp³-hybridized carbons (Fsp3) is 0.481. The van der Waals surface area contributed by atoms with E-state index < -0.39 is 22.0 Å². The lowest BCUT2D eigenvalue weighted by molar-refractivity contribution is -0.140. The zero-order valence-electron chi connectivity index (χ0n) is 22.0. The number of nitrogens with zero attached hydrogens (tertiary/aromatic N) is 2. The predicted molar refractivity (Wildman–Crippen MR) is 142 cm³/mol.